The SMILES string of the molecule is CC(=O)OCCCCn1c(CCl)nc2ccccc21. The standard InChI is InChI=1S/C14H17ClN2O2/c1-11(18)19-9-5-4-8-17-13-7-3-2-6-12(13)16-14(17)10-15/h2-3,6-7H,4-5,8-10H2,1H3. The highest BCUT2D eigenvalue weighted by Gasteiger charge is 2.08. The van der Waals surface area contributed by atoms with E-state index in [9.17, 15) is 4.79 Å². The second kappa shape index (κ2) is 6.57. The van der Waals surface area contributed by atoms with Crippen LogP contribution in [0.25, 0.3) is 11.0 Å². The number of rotatable bonds is 6. The fourth-order valence-electron chi connectivity index (χ4n) is 2.06. The van der Waals surface area contributed by atoms with Crippen LogP contribution in [0.15, 0.2) is 24.3 Å². The Hall–Kier alpha value is -1.55. The summed E-state index contributed by atoms with van der Waals surface area (Å²) in [5.74, 6) is 1.06. The molecular weight excluding hydrogens is 264 g/mol. The molecule has 4 nitrogen and oxygen atoms in total. The molecule has 0 bridgehead atoms. The lowest BCUT2D eigenvalue weighted by Crippen LogP contribution is -2.05. The van der Waals surface area contributed by atoms with Crippen LogP contribution < -0.4 is 0 Å². The van der Waals surface area contributed by atoms with E-state index in [4.69, 9.17) is 16.3 Å². The van der Waals surface area contributed by atoms with Crippen molar-refractivity contribution in [1.82, 2.24) is 9.55 Å². The zero-order chi connectivity index (χ0) is 13.7. The van der Waals surface area contributed by atoms with Crippen molar-refractivity contribution in [3.8, 4) is 0 Å². The van der Waals surface area contributed by atoms with E-state index < -0.39 is 0 Å². The number of benzene rings is 1. The molecule has 1 aromatic heterocycles. The molecule has 2 aromatic rings. The summed E-state index contributed by atoms with van der Waals surface area (Å²) in [5, 5.41) is 0. The third-order valence-electron chi connectivity index (χ3n) is 2.93. The highest BCUT2D eigenvalue weighted by molar-refractivity contribution is 6.16. The van der Waals surface area contributed by atoms with Crippen molar-refractivity contribution >= 4 is 28.6 Å². The van der Waals surface area contributed by atoms with E-state index in [1.165, 1.54) is 6.92 Å². The van der Waals surface area contributed by atoms with Crippen LogP contribution in [0.5, 0.6) is 0 Å². The number of carbonyl (C=O) groups excluding carboxylic acids is 1. The van der Waals surface area contributed by atoms with Crippen LogP contribution in [0.2, 0.25) is 0 Å². The molecule has 0 unspecified atom stereocenters. The van der Waals surface area contributed by atoms with Gasteiger partial charge in [0.05, 0.1) is 23.5 Å². The number of aromatic nitrogens is 2. The van der Waals surface area contributed by atoms with E-state index >= 15 is 0 Å². The van der Waals surface area contributed by atoms with Crippen molar-refractivity contribution in [1.29, 1.82) is 0 Å². The normalized spacial score (nSPS) is 10.8. The molecule has 5 heteroatoms. The number of hydrogen-bond donors (Lipinski definition) is 0. The molecule has 0 spiro atoms. The van der Waals surface area contributed by atoms with Gasteiger partial charge in [-0.05, 0) is 25.0 Å². The molecule has 0 N–H and O–H groups in total. The van der Waals surface area contributed by atoms with Crippen LogP contribution in [0, 0.1) is 0 Å². The highest BCUT2D eigenvalue weighted by atomic mass is 35.5. The summed E-state index contributed by atoms with van der Waals surface area (Å²) in [5.41, 5.74) is 2.07. The molecule has 2 rings (SSSR count). The van der Waals surface area contributed by atoms with Gasteiger partial charge in [-0.2, -0.15) is 0 Å². The molecule has 0 aliphatic heterocycles. The first-order chi connectivity index (χ1) is 9.22. The van der Waals surface area contributed by atoms with Crippen molar-refractivity contribution in [2.24, 2.45) is 0 Å². The maximum absolute atomic E-state index is 10.7. The number of imidazole rings is 1. The average molecular weight is 281 g/mol. The van der Waals surface area contributed by atoms with Gasteiger partial charge in [-0.3, -0.25) is 4.79 Å². The molecule has 0 radical (unpaired) electrons. The van der Waals surface area contributed by atoms with E-state index in [1.807, 2.05) is 24.3 Å². The monoisotopic (exact) mass is 280 g/mol. The van der Waals surface area contributed by atoms with E-state index in [2.05, 4.69) is 9.55 Å². The molecule has 0 amide bonds. The molecular formula is C14H17ClN2O2. The van der Waals surface area contributed by atoms with E-state index in [0.717, 1.165) is 36.2 Å². The van der Waals surface area contributed by atoms with Gasteiger partial charge in [0, 0.05) is 13.5 Å². The molecule has 19 heavy (non-hydrogen) atoms. The summed E-state index contributed by atoms with van der Waals surface area (Å²) in [6.07, 6.45) is 1.77. The number of esters is 1. The van der Waals surface area contributed by atoms with Gasteiger partial charge in [0.2, 0.25) is 0 Å². The summed E-state index contributed by atoms with van der Waals surface area (Å²) < 4.78 is 7.05. The van der Waals surface area contributed by atoms with Crippen molar-refractivity contribution in [2.45, 2.75) is 32.2 Å². The summed E-state index contributed by atoms with van der Waals surface area (Å²) in [4.78, 5) is 15.2. The molecule has 0 saturated carbocycles. The largest absolute Gasteiger partial charge is 0.466 e. The second-order valence-electron chi connectivity index (χ2n) is 4.35. The fourth-order valence-corrected chi connectivity index (χ4v) is 2.27. The summed E-state index contributed by atoms with van der Waals surface area (Å²) in [6, 6.07) is 8.00. The molecule has 0 saturated heterocycles. The molecule has 0 fully saturated rings. The van der Waals surface area contributed by atoms with Crippen molar-refractivity contribution in [2.75, 3.05) is 6.61 Å². The molecule has 0 aliphatic rings. The first kappa shape index (κ1) is 13.9. The minimum absolute atomic E-state index is 0.227. The predicted molar refractivity (Wildman–Crippen MR) is 75.2 cm³/mol. The van der Waals surface area contributed by atoms with Crippen LogP contribution >= 0.6 is 11.6 Å². The Bertz CT molecular complexity index is 566. The van der Waals surface area contributed by atoms with Gasteiger partial charge in [-0.15, -0.1) is 11.6 Å². The lowest BCUT2D eigenvalue weighted by molar-refractivity contribution is -0.141. The van der Waals surface area contributed by atoms with Crippen LogP contribution in [0.3, 0.4) is 0 Å². The minimum atomic E-state index is -0.227. The summed E-state index contributed by atoms with van der Waals surface area (Å²) in [7, 11) is 0. The fraction of sp³-hybridized carbons (Fsp3) is 0.429. The number of alkyl halides is 1. The molecule has 1 heterocycles. The Balaban J connectivity index is 2.01. The first-order valence-electron chi connectivity index (χ1n) is 6.36. The van der Waals surface area contributed by atoms with Crippen molar-refractivity contribution in [3.63, 3.8) is 0 Å². The number of carbonyl (C=O) groups is 1. The van der Waals surface area contributed by atoms with E-state index in [-0.39, 0.29) is 5.97 Å². The number of nitrogens with zero attached hydrogens (tertiary/aromatic N) is 2. The minimum Gasteiger partial charge on any atom is -0.466 e. The second-order valence-corrected chi connectivity index (χ2v) is 4.62. The predicted octanol–water partition coefficient (Wildman–Crippen LogP) is 3.12. The Morgan fingerprint density at radius 1 is 1.37 bits per heavy atom. The van der Waals surface area contributed by atoms with Crippen LogP contribution in [0.4, 0.5) is 0 Å². The lowest BCUT2D eigenvalue weighted by atomic mass is 10.3. The summed E-state index contributed by atoms with van der Waals surface area (Å²) in [6.45, 7) is 2.73. The van der Waals surface area contributed by atoms with Gasteiger partial charge in [-0.1, -0.05) is 12.1 Å². The van der Waals surface area contributed by atoms with Gasteiger partial charge in [0.15, 0.2) is 0 Å². The van der Waals surface area contributed by atoms with E-state index in [0.29, 0.717) is 12.5 Å². The first-order valence-corrected chi connectivity index (χ1v) is 6.89. The molecule has 0 aliphatic carbocycles. The maximum Gasteiger partial charge on any atom is 0.302 e. The van der Waals surface area contributed by atoms with Crippen molar-refractivity contribution in [3.05, 3.63) is 30.1 Å². The van der Waals surface area contributed by atoms with Crippen LogP contribution in [0.1, 0.15) is 25.6 Å². The number of halogens is 1. The van der Waals surface area contributed by atoms with Gasteiger partial charge in [-0.25, -0.2) is 4.98 Å². The van der Waals surface area contributed by atoms with Crippen LogP contribution in [-0.4, -0.2) is 22.1 Å². The Kier molecular flexibility index (Phi) is 4.80. The quantitative estimate of drug-likeness (QED) is 0.464. The Labute approximate surface area is 117 Å². The number of aryl methyl sites for hydroxylation is 1. The van der Waals surface area contributed by atoms with Gasteiger partial charge in [0.1, 0.15) is 5.82 Å². The van der Waals surface area contributed by atoms with Gasteiger partial charge >= 0.3 is 5.97 Å². The topological polar surface area (TPSA) is 44.1 Å². The molecule has 102 valence electrons. The highest BCUT2D eigenvalue weighted by Crippen LogP contribution is 2.18. The van der Waals surface area contributed by atoms with Gasteiger partial charge in [0.25, 0.3) is 0 Å². The zero-order valence-corrected chi connectivity index (χ0v) is 11.7. The van der Waals surface area contributed by atoms with Gasteiger partial charge < -0.3 is 9.30 Å². The Morgan fingerprint density at radius 3 is 2.89 bits per heavy atom. The number of para-hydroxylation sites is 2. The van der Waals surface area contributed by atoms with E-state index in [1.54, 1.807) is 0 Å². The molecule has 0 atom stereocenters. The van der Waals surface area contributed by atoms with Crippen molar-refractivity contribution < 1.29 is 9.53 Å². The number of unbranched alkanes of at least 4 members (excludes halogenated alkanes) is 1. The average Bonchev–Trinajstić information content (AvgIpc) is 2.76. The lowest BCUT2D eigenvalue weighted by Gasteiger charge is -2.07. The smallest absolute Gasteiger partial charge is 0.302 e. The summed E-state index contributed by atoms with van der Waals surface area (Å²) >= 11 is 5.93. The maximum atomic E-state index is 10.7. The van der Waals surface area contributed by atoms with Crippen LogP contribution in [-0.2, 0) is 22.0 Å². The molecule has 1 aromatic carbocycles. The Morgan fingerprint density at radius 2 is 2.16 bits per heavy atom. The number of fused-ring (bicyclic) bond motifs is 1. The number of ether oxygens (including phenoxy) is 1. The zero-order valence-electron chi connectivity index (χ0n) is 10.9. The number of hydrogen-bond acceptors (Lipinski definition) is 3. The third kappa shape index (κ3) is 3.47. The third-order valence-corrected chi connectivity index (χ3v) is 3.17.